The first-order chi connectivity index (χ1) is 9.13. The van der Waals surface area contributed by atoms with Crippen molar-refractivity contribution in [2.75, 3.05) is 5.32 Å². The van der Waals surface area contributed by atoms with Crippen LogP contribution in [0, 0.1) is 0 Å². The second-order valence-corrected chi connectivity index (χ2v) is 5.16. The quantitative estimate of drug-likeness (QED) is 0.535. The number of anilines is 1. The maximum absolute atomic E-state index is 11.7. The van der Waals surface area contributed by atoms with Gasteiger partial charge in [-0.2, -0.15) is 0 Å². The molecule has 0 aliphatic rings. The van der Waals surface area contributed by atoms with E-state index >= 15 is 0 Å². The number of hydrogen-bond acceptors (Lipinski definition) is 2. The number of hydrogen-bond donors (Lipinski definition) is 2. The van der Waals surface area contributed by atoms with Crippen LogP contribution in [-0.2, 0) is 4.79 Å². The van der Waals surface area contributed by atoms with Crippen molar-refractivity contribution in [2.45, 2.75) is 51.9 Å². The van der Waals surface area contributed by atoms with Gasteiger partial charge in [-0.05, 0) is 24.6 Å². The van der Waals surface area contributed by atoms with E-state index in [9.17, 15) is 9.90 Å². The van der Waals surface area contributed by atoms with Gasteiger partial charge in [0.15, 0.2) is 0 Å². The van der Waals surface area contributed by atoms with Crippen LogP contribution < -0.4 is 5.32 Å². The monoisotopic (exact) mass is 283 g/mol. The molecule has 0 aliphatic carbocycles. The van der Waals surface area contributed by atoms with E-state index in [4.69, 9.17) is 11.6 Å². The first-order valence-electron chi connectivity index (χ1n) is 6.92. The highest BCUT2D eigenvalue weighted by Gasteiger charge is 2.06. The molecule has 1 amide bonds. The largest absolute Gasteiger partial charge is 0.506 e. The number of unbranched alkanes of at least 4 members (excludes halogenated alkanes) is 5. The molecule has 19 heavy (non-hydrogen) atoms. The molecule has 0 radical (unpaired) electrons. The van der Waals surface area contributed by atoms with E-state index in [0.717, 1.165) is 12.8 Å². The molecule has 0 heterocycles. The van der Waals surface area contributed by atoms with Crippen LogP contribution in [0.25, 0.3) is 0 Å². The van der Waals surface area contributed by atoms with Crippen molar-refractivity contribution < 1.29 is 9.90 Å². The van der Waals surface area contributed by atoms with Gasteiger partial charge in [-0.1, -0.05) is 50.6 Å². The van der Waals surface area contributed by atoms with E-state index in [-0.39, 0.29) is 11.7 Å². The Hall–Kier alpha value is -1.22. The van der Waals surface area contributed by atoms with Crippen LogP contribution >= 0.6 is 11.6 Å². The van der Waals surface area contributed by atoms with Crippen LogP contribution in [0.5, 0.6) is 5.75 Å². The zero-order valence-electron chi connectivity index (χ0n) is 11.4. The number of amides is 1. The molecule has 1 rings (SSSR count). The molecule has 0 saturated carbocycles. The fourth-order valence-electron chi connectivity index (χ4n) is 1.89. The second-order valence-electron chi connectivity index (χ2n) is 4.73. The summed E-state index contributed by atoms with van der Waals surface area (Å²) in [4.78, 5) is 11.7. The Morgan fingerprint density at radius 3 is 2.63 bits per heavy atom. The van der Waals surface area contributed by atoms with Gasteiger partial charge in [0.25, 0.3) is 0 Å². The summed E-state index contributed by atoms with van der Waals surface area (Å²) < 4.78 is 0. The molecule has 0 saturated heterocycles. The molecule has 4 heteroatoms. The molecule has 0 bridgehead atoms. The number of benzene rings is 1. The van der Waals surface area contributed by atoms with Gasteiger partial charge < -0.3 is 10.4 Å². The van der Waals surface area contributed by atoms with Crippen LogP contribution in [-0.4, -0.2) is 11.0 Å². The predicted molar refractivity (Wildman–Crippen MR) is 79.7 cm³/mol. The molecule has 0 fully saturated rings. The zero-order valence-corrected chi connectivity index (χ0v) is 12.2. The summed E-state index contributed by atoms with van der Waals surface area (Å²) in [5.74, 6) is -0.0336. The third-order valence-electron chi connectivity index (χ3n) is 2.99. The number of phenols is 1. The predicted octanol–water partition coefficient (Wildman–Crippen LogP) is 4.73. The lowest BCUT2D eigenvalue weighted by Crippen LogP contribution is -2.11. The minimum Gasteiger partial charge on any atom is -0.506 e. The van der Waals surface area contributed by atoms with E-state index in [0.29, 0.717) is 17.1 Å². The molecule has 1 aromatic rings. The van der Waals surface area contributed by atoms with Gasteiger partial charge in [-0.3, -0.25) is 4.79 Å². The molecule has 0 aromatic heterocycles. The summed E-state index contributed by atoms with van der Waals surface area (Å²) in [6.07, 6.45) is 7.37. The van der Waals surface area contributed by atoms with Crippen LogP contribution in [0.1, 0.15) is 51.9 Å². The first-order valence-corrected chi connectivity index (χ1v) is 7.29. The topological polar surface area (TPSA) is 49.3 Å². The highest BCUT2D eigenvalue weighted by Crippen LogP contribution is 2.26. The van der Waals surface area contributed by atoms with Crippen molar-refractivity contribution >= 4 is 23.2 Å². The lowest BCUT2D eigenvalue weighted by atomic mass is 10.1. The van der Waals surface area contributed by atoms with E-state index in [1.54, 1.807) is 12.1 Å². The van der Waals surface area contributed by atoms with Gasteiger partial charge in [-0.25, -0.2) is 0 Å². The Bertz CT molecular complexity index is 407. The van der Waals surface area contributed by atoms with E-state index in [1.165, 1.54) is 31.7 Å². The molecule has 0 aliphatic heterocycles. The molecule has 2 N–H and O–H groups in total. The van der Waals surface area contributed by atoms with Crippen molar-refractivity contribution in [3.63, 3.8) is 0 Å². The molecule has 0 atom stereocenters. The van der Waals surface area contributed by atoms with E-state index in [2.05, 4.69) is 12.2 Å². The smallest absolute Gasteiger partial charge is 0.224 e. The summed E-state index contributed by atoms with van der Waals surface area (Å²) in [5, 5.41) is 12.8. The number of rotatable bonds is 8. The van der Waals surface area contributed by atoms with Crippen molar-refractivity contribution in [2.24, 2.45) is 0 Å². The van der Waals surface area contributed by atoms with Gasteiger partial charge in [0.2, 0.25) is 5.91 Å². The Kier molecular flexibility index (Phi) is 7.34. The Balaban J connectivity index is 2.25. The summed E-state index contributed by atoms with van der Waals surface area (Å²) >= 11 is 5.81. The minimum absolute atomic E-state index is 0.0423. The van der Waals surface area contributed by atoms with Crippen LogP contribution in [0.3, 0.4) is 0 Å². The van der Waals surface area contributed by atoms with Gasteiger partial charge in [0.05, 0.1) is 5.69 Å². The fourth-order valence-corrected chi connectivity index (χ4v) is 2.06. The Labute approximate surface area is 120 Å². The summed E-state index contributed by atoms with van der Waals surface area (Å²) in [5.41, 5.74) is 0.378. The van der Waals surface area contributed by atoms with E-state index in [1.807, 2.05) is 0 Å². The molecular weight excluding hydrogens is 262 g/mol. The van der Waals surface area contributed by atoms with Crippen molar-refractivity contribution in [1.29, 1.82) is 0 Å². The SMILES string of the molecule is CCCCCCCCC(=O)Nc1cc(Cl)ccc1O. The standard InChI is InChI=1S/C15H22ClNO2/c1-2-3-4-5-6-7-8-15(19)17-13-11-12(16)9-10-14(13)18/h9-11,18H,2-8H2,1H3,(H,17,19). The molecular formula is C15H22ClNO2. The minimum atomic E-state index is -0.0759. The molecule has 1 aromatic carbocycles. The van der Waals surface area contributed by atoms with Crippen LogP contribution in [0.15, 0.2) is 18.2 Å². The molecule has 106 valence electrons. The maximum atomic E-state index is 11.7. The zero-order chi connectivity index (χ0) is 14.1. The summed E-state index contributed by atoms with van der Waals surface area (Å²) in [6.45, 7) is 2.19. The van der Waals surface area contributed by atoms with Gasteiger partial charge in [-0.15, -0.1) is 0 Å². The maximum Gasteiger partial charge on any atom is 0.224 e. The second kappa shape index (κ2) is 8.81. The number of nitrogens with one attached hydrogen (secondary N) is 1. The molecule has 0 unspecified atom stereocenters. The Morgan fingerprint density at radius 2 is 1.89 bits per heavy atom. The highest BCUT2D eigenvalue weighted by molar-refractivity contribution is 6.31. The lowest BCUT2D eigenvalue weighted by molar-refractivity contribution is -0.116. The first kappa shape index (κ1) is 15.8. The highest BCUT2D eigenvalue weighted by atomic mass is 35.5. The summed E-state index contributed by atoms with van der Waals surface area (Å²) in [6, 6.07) is 4.61. The number of phenolic OH excluding ortho intramolecular Hbond substituents is 1. The normalized spacial score (nSPS) is 10.4. The number of halogens is 1. The van der Waals surface area contributed by atoms with Gasteiger partial charge in [0.1, 0.15) is 5.75 Å². The van der Waals surface area contributed by atoms with Gasteiger partial charge in [0, 0.05) is 11.4 Å². The third-order valence-corrected chi connectivity index (χ3v) is 3.23. The van der Waals surface area contributed by atoms with Crippen molar-refractivity contribution in [3.8, 4) is 5.75 Å². The number of carbonyl (C=O) groups is 1. The van der Waals surface area contributed by atoms with Crippen LogP contribution in [0.4, 0.5) is 5.69 Å². The van der Waals surface area contributed by atoms with E-state index < -0.39 is 0 Å². The van der Waals surface area contributed by atoms with Crippen molar-refractivity contribution in [3.05, 3.63) is 23.2 Å². The number of carbonyl (C=O) groups excluding carboxylic acids is 1. The lowest BCUT2D eigenvalue weighted by Gasteiger charge is -2.07. The number of aromatic hydroxyl groups is 1. The third kappa shape index (κ3) is 6.48. The van der Waals surface area contributed by atoms with Crippen LogP contribution in [0.2, 0.25) is 5.02 Å². The molecule has 0 spiro atoms. The van der Waals surface area contributed by atoms with Crippen molar-refractivity contribution in [1.82, 2.24) is 0 Å². The molecule has 3 nitrogen and oxygen atoms in total. The average Bonchev–Trinajstić information content (AvgIpc) is 2.38. The van der Waals surface area contributed by atoms with Gasteiger partial charge >= 0.3 is 0 Å². The average molecular weight is 284 g/mol. The fraction of sp³-hybridized carbons (Fsp3) is 0.533. The Morgan fingerprint density at radius 1 is 1.21 bits per heavy atom. The summed E-state index contributed by atoms with van der Waals surface area (Å²) in [7, 11) is 0.